The molecular formula is C24H37N5O6. The van der Waals surface area contributed by atoms with E-state index in [1.807, 2.05) is 0 Å². The summed E-state index contributed by atoms with van der Waals surface area (Å²) in [4.78, 5) is 61.7. The van der Waals surface area contributed by atoms with Crippen molar-refractivity contribution in [2.45, 2.75) is 71.1 Å². The number of aliphatic carboxylic acids is 1. The van der Waals surface area contributed by atoms with Gasteiger partial charge in [0.2, 0.25) is 23.6 Å². The van der Waals surface area contributed by atoms with Crippen LogP contribution >= 0.6 is 0 Å². The number of carbonyl (C=O) groups is 5. The average molecular weight is 492 g/mol. The average Bonchev–Trinajstić information content (AvgIpc) is 2.76. The van der Waals surface area contributed by atoms with Crippen molar-refractivity contribution >= 4 is 29.6 Å². The number of hydrogen-bond donors (Lipinski definition) is 6. The third-order valence-corrected chi connectivity index (χ3v) is 5.30. The van der Waals surface area contributed by atoms with Crippen LogP contribution < -0.4 is 27.4 Å². The summed E-state index contributed by atoms with van der Waals surface area (Å²) >= 11 is 0. The number of amides is 4. The topological polar surface area (TPSA) is 194 Å². The van der Waals surface area contributed by atoms with Crippen molar-refractivity contribution in [1.82, 2.24) is 16.0 Å². The summed E-state index contributed by atoms with van der Waals surface area (Å²) in [5, 5.41) is 16.8. The monoisotopic (exact) mass is 491 g/mol. The molecular weight excluding hydrogens is 454 g/mol. The molecule has 4 atom stereocenters. The summed E-state index contributed by atoms with van der Waals surface area (Å²) in [6, 6.07) is 4.28. The lowest BCUT2D eigenvalue weighted by Crippen LogP contribution is -2.58. The Hall–Kier alpha value is -3.47. The van der Waals surface area contributed by atoms with Crippen LogP contribution in [0.1, 0.15) is 46.1 Å². The highest BCUT2D eigenvalue weighted by atomic mass is 16.4. The molecule has 11 nitrogen and oxygen atoms in total. The predicted octanol–water partition coefficient (Wildman–Crippen LogP) is -0.327. The summed E-state index contributed by atoms with van der Waals surface area (Å²) < 4.78 is 0. The van der Waals surface area contributed by atoms with E-state index in [-0.39, 0.29) is 24.7 Å². The van der Waals surface area contributed by atoms with E-state index < -0.39 is 60.2 Å². The summed E-state index contributed by atoms with van der Waals surface area (Å²) in [6.07, 6.45) is -0.305. The molecule has 0 fully saturated rings. The second-order valence-electron chi connectivity index (χ2n) is 9.28. The van der Waals surface area contributed by atoms with E-state index in [0.29, 0.717) is 0 Å². The third-order valence-electron chi connectivity index (χ3n) is 5.30. The zero-order chi connectivity index (χ0) is 26.7. The Kier molecular flexibility index (Phi) is 11.9. The molecule has 1 rings (SSSR count). The molecule has 35 heavy (non-hydrogen) atoms. The van der Waals surface area contributed by atoms with Gasteiger partial charge >= 0.3 is 5.97 Å². The number of nitrogens with one attached hydrogen (secondary N) is 3. The van der Waals surface area contributed by atoms with E-state index in [2.05, 4.69) is 16.0 Å². The SMILES string of the molecule is CC(C)CC(NC(=O)C(CC(N)=O)NC(=O)C(Cc1ccccc1)NC(=O)C(N)C(C)C)C(=O)O. The van der Waals surface area contributed by atoms with Crippen LogP contribution in [0.25, 0.3) is 0 Å². The molecule has 1 aromatic rings. The Bertz CT molecular complexity index is 890. The van der Waals surface area contributed by atoms with Crippen LogP contribution in [0, 0.1) is 11.8 Å². The van der Waals surface area contributed by atoms with Crippen LogP contribution in [0.3, 0.4) is 0 Å². The standard InChI is InChI=1S/C24H37N5O6/c1-13(2)10-18(24(34)35)29-22(32)17(12-19(25)30)27-21(31)16(11-15-8-6-5-7-9-15)28-23(33)20(26)14(3)4/h5-9,13-14,16-18,20H,10-12,26H2,1-4H3,(H2,25,30)(H,27,31)(H,28,33)(H,29,32)(H,34,35). The van der Waals surface area contributed by atoms with Crippen LogP contribution in [-0.4, -0.2) is 58.9 Å². The van der Waals surface area contributed by atoms with Gasteiger partial charge in [0.15, 0.2) is 0 Å². The van der Waals surface area contributed by atoms with E-state index in [1.165, 1.54) is 0 Å². The Morgan fingerprint density at radius 3 is 1.83 bits per heavy atom. The fourth-order valence-electron chi connectivity index (χ4n) is 3.28. The van der Waals surface area contributed by atoms with Gasteiger partial charge in [-0.3, -0.25) is 19.2 Å². The largest absolute Gasteiger partial charge is 0.480 e. The van der Waals surface area contributed by atoms with Crippen LogP contribution in [0.4, 0.5) is 0 Å². The second kappa shape index (κ2) is 14.1. The van der Waals surface area contributed by atoms with Crippen molar-refractivity contribution < 1.29 is 29.1 Å². The van der Waals surface area contributed by atoms with Crippen molar-refractivity contribution in [3.8, 4) is 0 Å². The van der Waals surface area contributed by atoms with Gasteiger partial charge in [-0.15, -0.1) is 0 Å². The highest BCUT2D eigenvalue weighted by molar-refractivity contribution is 5.96. The van der Waals surface area contributed by atoms with Gasteiger partial charge in [-0.25, -0.2) is 4.79 Å². The summed E-state index contributed by atoms with van der Waals surface area (Å²) in [5.74, 6) is -4.48. The van der Waals surface area contributed by atoms with Gasteiger partial charge in [-0.1, -0.05) is 58.0 Å². The number of carboxylic acids is 1. The molecule has 1 aromatic carbocycles. The fraction of sp³-hybridized carbons (Fsp3) is 0.542. The molecule has 0 aliphatic carbocycles. The molecule has 4 amide bonds. The molecule has 0 saturated carbocycles. The minimum Gasteiger partial charge on any atom is -0.480 e. The van der Waals surface area contributed by atoms with Crippen molar-refractivity contribution in [2.75, 3.05) is 0 Å². The number of rotatable bonds is 14. The maximum Gasteiger partial charge on any atom is 0.326 e. The van der Waals surface area contributed by atoms with Gasteiger partial charge in [0.1, 0.15) is 18.1 Å². The molecule has 11 heteroatoms. The molecule has 0 aliphatic heterocycles. The Balaban J connectivity index is 3.11. The van der Waals surface area contributed by atoms with Crippen molar-refractivity contribution in [3.63, 3.8) is 0 Å². The van der Waals surface area contributed by atoms with E-state index in [4.69, 9.17) is 11.5 Å². The number of benzene rings is 1. The van der Waals surface area contributed by atoms with Crippen LogP contribution in [0.2, 0.25) is 0 Å². The van der Waals surface area contributed by atoms with Crippen LogP contribution in [0.5, 0.6) is 0 Å². The minimum atomic E-state index is -1.43. The maximum absolute atomic E-state index is 13.2. The zero-order valence-corrected chi connectivity index (χ0v) is 20.6. The van der Waals surface area contributed by atoms with Gasteiger partial charge in [0.25, 0.3) is 0 Å². The maximum atomic E-state index is 13.2. The molecule has 194 valence electrons. The lowest BCUT2D eigenvalue weighted by Gasteiger charge is -2.25. The second-order valence-corrected chi connectivity index (χ2v) is 9.28. The van der Waals surface area contributed by atoms with Gasteiger partial charge in [0, 0.05) is 6.42 Å². The normalized spacial score (nSPS) is 14.5. The molecule has 0 saturated heterocycles. The van der Waals surface area contributed by atoms with Gasteiger partial charge in [-0.2, -0.15) is 0 Å². The third kappa shape index (κ3) is 10.6. The first kappa shape index (κ1) is 29.6. The van der Waals surface area contributed by atoms with E-state index in [1.54, 1.807) is 58.0 Å². The molecule has 0 spiro atoms. The first-order valence-corrected chi connectivity index (χ1v) is 11.5. The first-order valence-electron chi connectivity index (χ1n) is 11.5. The summed E-state index contributed by atoms with van der Waals surface area (Å²) in [6.45, 7) is 7.12. The molecule has 0 aromatic heterocycles. The molecule has 0 heterocycles. The molecule has 8 N–H and O–H groups in total. The Morgan fingerprint density at radius 2 is 1.34 bits per heavy atom. The van der Waals surface area contributed by atoms with E-state index in [0.717, 1.165) is 5.56 Å². The molecule has 4 unspecified atom stereocenters. The number of primary amides is 1. The molecule has 0 bridgehead atoms. The Labute approximate surface area is 205 Å². The number of carbonyl (C=O) groups excluding carboxylic acids is 4. The summed E-state index contributed by atoms with van der Waals surface area (Å²) in [7, 11) is 0. The van der Waals surface area contributed by atoms with Crippen molar-refractivity contribution in [3.05, 3.63) is 35.9 Å². The first-order chi connectivity index (χ1) is 16.3. The quantitative estimate of drug-likeness (QED) is 0.205. The fourth-order valence-corrected chi connectivity index (χ4v) is 3.28. The van der Waals surface area contributed by atoms with E-state index >= 15 is 0 Å². The lowest BCUT2D eigenvalue weighted by molar-refractivity contribution is -0.143. The van der Waals surface area contributed by atoms with Gasteiger partial charge in [0.05, 0.1) is 12.5 Å². The highest BCUT2D eigenvalue weighted by Gasteiger charge is 2.32. The smallest absolute Gasteiger partial charge is 0.326 e. The molecule has 0 aliphatic rings. The Morgan fingerprint density at radius 1 is 0.829 bits per heavy atom. The number of carboxylic acid groups (broad SMARTS) is 1. The van der Waals surface area contributed by atoms with Gasteiger partial charge < -0.3 is 32.5 Å². The van der Waals surface area contributed by atoms with Crippen molar-refractivity contribution in [2.24, 2.45) is 23.3 Å². The minimum absolute atomic E-state index is 0.0313. The summed E-state index contributed by atoms with van der Waals surface area (Å²) in [5.41, 5.74) is 11.9. The lowest BCUT2D eigenvalue weighted by atomic mass is 10.0. The number of nitrogens with two attached hydrogens (primary N) is 2. The predicted molar refractivity (Wildman–Crippen MR) is 130 cm³/mol. The van der Waals surface area contributed by atoms with Crippen molar-refractivity contribution in [1.29, 1.82) is 0 Å². The van der Waals surface area contributed by atoms with Crippen LogP contribution in [0.15, 0.2) is 30.3 Å². The highest BCUT2D eigenvalue weighted by Crippen LogP contribution is 2.08. The van der Waals surface area contributed by atoms with Gasteiger partial charge in [-0.05, 0) is 23.8 Å². The van der Waals surface area contributed by atoms with Crippen LogP contribution in [-0.2, 0) is 30.4 Å². The zero-order valence-electron chi connectivity index (χ0n) is 20.6. The number of hydrogen-bond acceptors (Lipinski definition) is 6. The van der Waals surface area contributed by atoms with E-state index in [9.17, 15) is 29.1 Å². The molecule has 0 radical (unpaired) electrons.